The summed E-state index contributed by atoms with van der Waals surface area (Å²) in [6.07, 6.45) is 2.06. The second kappa shape index (κ2) is 9.82. The highest BCUT2D eigenvalue weighted by atomic mass is 32.2. The number of carbonyl (C=O) groups excluding carboxylic acids is 2. The molecule has 1 atom stereocenters. The van der Waals surface area contributed by atoms with Crippen LogP contribution in [0, 0.1) is 6.92 Å². The third kappa shape index (κ3) is 5.87. The normalized spacial score (nSPS) is 12.3. The van der Waals surface area contributed by atoms with Crippen molar-refractivity contribution in [3.63, 3.8) is 0 Å². The van der Waals surface area contributed by atoms with E-state index in [4.69, 9.17) is 4.52 Å². The van der Waals surface area contributed by atoms with Crippen LogP contribution in [0.15, 0.2) is 41.1 Å². The molecule has 30 heavy (non-hydrogen) atoms. The molecule has 2 heterocycles. The Balaban J connectivity index is 1.50. The fourth-order valence-corrected chi connectivity index (χ4v) is 3.59. The number of aryl methyl sites for hydroxylation is 1. The van der Waals surface area contributed by atoms with Crippen molar-refractivity contribution < 1.29 is 14.1 Å². The Labute approximate surface area is 180 Å². The average molecular weight is 430 g/mol. The fourth-order valence-electron chi connectivity index (χ4n) is 2.91. The Morgan fingerprint density at radius 2 is 2.03 bits per heavy atom. The van der Waals surface area contributed by atoms with Crippen LogP contribution < -0.4 is 10.6 Å². The molecule has 0 saturated heterocycles. The van der Waals surface area contributed by atoms with Gasteiger partial charge in [0.15, 0.2) is 5.82 Å². The number of thioether (sulfide) groups is 1. The van der Waals surface area contributed by atoms with Crippen molar-refractivity contribution >= 4 is 46.0 Å². The highest BCUT2D eigenvalue weighted by molar-refractivity contribution is 8.01. The Hall–Kier alpha value is -2.78. The van der Waals surface area contributed by atoms with Crippen LogP contribution in [0.3, 0.4) is 0 Å². The quantitative estimate of drug-likeness (QED) is 0.543. The first-order valence-electron chi connectivity index (χ1n) is 9.71. The molecule has 9 heteroatoms. The average Bonchev–Trinajstić information content (AvgIpc) is 3.29. The van der Waals surface area contributed by atoms with Gasteiger partial charge in [-0.25, -0.2) is 0 Å². The summed E-state index contributed by atoms with van der Waals surface area (Å²) in [5.74, 6) is 0.800. The lowest BCUT2D eigenvalue weighted by Crippen LogP contribution is -2.25. The maximum atomic E-state index is 12.3. The number of nitrogens with zero attached hydrogens (tertiary/aromatic N) is 3. The number of nitrogens with one attached hydrogen (secondary N) is 2. The maximum absolute atomic E-state index is 12.3. The number of hydrogen-bond acceptors (Lipinski definition) is 6. The zero-order valence-electron chi connectivity index (χ0n) is 17.6. The minimum atomic E-state index is -0.402. The summed E-state index contributed by atoms with van der Waals surface area (Å²) in [5, 5.41) is 9.99. The Morgan fingerprint density at radius 1 is 1.23 bits per heavy atom. The molecule has 0 bridgehead atoms. The van der Waals surface area contributed by atoms with Gasteiger partial charge in [0.2, 0.25) is 11.8 Å². The van der Waals surface area contributed by atoms with Crippen molar-refractivity contribution in [2.75, 3.05) is 37.0 Å². The van der Waals surface area contributed by atoms with Crippen LogP contribution in [-0.2, 0) is 16.1 Å². The van der Waals surface area contributed by atoms with Gasteiger partial charge in [-0.2, -0.15) is 0 Å². The van der Waals surface area contributed by atoms with E-state index in [1.807, 2.05) is 24.3 Å². The molecule has 0 spiro atoms. The summed E-state index contributed by atoms with van der Waals surface area (Å²) in [4.78, 5) is 26.6. The van der Waals surface area contributed by atoms with Crippen molar-refractivity contribution in [3.8, 4) is 0 Å². The standard InChI is InChI=1S/C21H27N5O3S/c1-14-11-19(24-29-14)23-21(28)15(2)30-13-20(27)22-17-5-6-18-16(12-17)7-8-26(18)10-9-25(3)4/h5-8,11-12,15H,9-10,13H2,1-4H3,(H,22,27)(H,23,24,28). The maximum Gasteiger partial charge on any atom is 0.238 e. The van der Waals surface area contributed by atoms with Crippen LogP contribution in [0.1, 0.15) is 12.7 Å². The minimum absolute atomic E-state index is 0.150. The van der Waals surface area contributed by atoms with Gasteiger partial charge in [-0.15, -0.1) is 11.8 Å². The molecule has 2 aromatic heterocycles. The molecule has 0 saturated carbocycles. The van der Waals surface area contributed by atoms with E-state index in [-0.39, 0.29) is 17.6 Å². The summed E-state index contributed by atoms with van der Waals surface area (Å²) >= 11 is 1.26. The lowest BCUT2D eigenvalue weighted by molar-refractivity contribution is -0.115. The highest BCUT2D eigenvalue weighted by Crippen LogP contribution is 2.21. The smallest absolute Gasteiger partial charge is 0.238 e. The van der Waals surface area contributed by atoms with Crippen LogP contribution in [0.25, 0.3) is 10.9 Å². The lowest BCUT2D eigenvalue weighted by Gasteiger charge is -2.12. The van der Waals surface area contributed by atoms with Crippen molar-refractivity contribution in [3.05, 3.63) is 42.3 Å². The number of anilines is 2. The molecular weight excluding hydrogens is 402 g/mol. The molecule has 2 amide bonds. The van der Waals surface area contributed by atoms with E-state index < -0.39 is 5.25 Å². The molecule has 3 aromatic rings. The largest absolute Gasteiger partial charge is 0.360 e. The van der Waals surface area contributed by atoms with Crippen LogP contribution in [0.5, 0.6) is 0 Å². The molecule has 3 rings (SSSR count). The minimum Gasteiger partial charge on any atom is -0.360 e. The van der Waals surface area contributed by atoms with E-state index in [2.05, 4.69) is 45.5 Å². The van der Waals surface area contributed by atoms with Gasteiger partial charge < -0.3 is 24.6 Å². The molecule has 0 aliphatic heterocycles. The van der Waals surface area contributed by atoms with Crippen molar-refractivity contribution in [1.82, 2.24) is 14.6 Å². The summed E-state index contributed by atoms with van der Waals surface area (Å²) in [6, 6.07) is 9.58. The topological polar surface area (TPSA) is 92.4 Å². The van der Waals surface area contributed by atoms with Crippen LogP contribution >= 0.6 is 11.8 Å². The van der Waals surface area contributed by atoms with E-state index in [0.29, 0.717) is 11.6 Å². The predicted molar refractivity (Wildman–Crippen MR) is 121 cm³/mol. The number of fused-ring (bicyclic) bond motifs is 1. The van der Waals surface area contributed by atoms with Gasteiger partial charge in [0, 0.05) is 41.9 Å². The fraction of sp³-hybridized carbons (Fsp3) is 0.381. The Morgan fingerprint density at radius 3 is 2.73 bits per heavy atom. The van der Waals surface area contributed by atoms with E-state index in [0.717, 1.165) is 29.7 Å². The number of likely N-dealkylation sites (N-methyl/N-ethyl adjacent to an activating group) is 1. The molecule has 0 radical (unpaired) electrons. The van der Waals surface area contributed by atoms with Crippen LogP contribution in [0.4, 0.5) is 11.5 Å². The SMILES string of the molecule is Cc1cc(NC(=O)C(C)SCC(=O)Nc2ccc3c(ccn3CCN(C)C)c2)no1. The zero-order chi connectivity index (χ0) is 21.7. The summed E-state index contributed by atoms with van der Waals surface area (Å²) in [7, 11) is 4.11. The van der Waals surface area contributed by atoms with Gasteiger partial charge in [0.05, 0.1) is 11.0 Å². The highest BCUT2D eigenvalue weighted by Gasteiger charge is 2.17. The summed E-state index contributed by atoms with van der Waals surface area (Å²) in [5.41, 5.74) is 1.88. The van der Waals surface area contributed by atoms with E-state index >= 15 is 0 Å². The first-order chi connectivity index (χ1) is 14.3. The van der Waals surface area contributed by atoms with Gasteiger partial charge in [-0.1, -0.05) is 5.16 Å². The Kier molecular flexibility index (Phi) is 7.17. The van der Waals surface area contributed by atoms with Gasteiger partial charge in [0.25, 0.3) is 0 Å². The number of hydrogen-bond donors (Lipinski definition) is 2. The first kappa shape index (κ1) is 21.9. The van der Waals surface area contributed by atoms with Crippen LogP contribution in [0.2, 0.25) is 0 Å². The number of benzene rings is 1. The third-order valence-corrected chi connectivity index (χ3v) is 5.70. The molecule has 1 aromatic carbocycles. The number of carbonyl (C=O) groups is 2. The zero-order valence-corrected chi connectivity index (χ0v) is 18.5. The van der Waals surface area contributed by atoms with Crippen LogP contribution in [-0.4, -0.2) is 58.1 Å². The van der Waals surface area contributed by atoms with Crippen molar-refractivity contribution in [2.45, 2.75) is 25.6 Å². The van der Waals surface area contributed by atoms with Gasteiger partial charge in [-0.05, 0) is 52.2 Å². The number of aromatic nitrogens is 2. The van der Waals surface area contributed by atoms with Crippen molar-refractivity contribution in [2.24, 2.45) is 0 Å². The predicted octanol–water partition coefficient (Wildman–Crippen LogP) is 3.20. The third-order valence-electron chi connectivity index (χ3n) is 4.56. The monoisotopic (exact) mass is 429 g/mol. The molecular formula is C21H27N5O3S. The molecule has 2 N–H and O–H groups in total. The van der Waals surface area contributed by atoms with E-state index in [9.17, 15) is 9.59 Å². The van der Waals surface area contributed by atoms with Gasteiger partial charge in [0.1, 0.15) is 5.76 Å². The van der Waals surface area contributed by atoms with Gasteiger partial charge >= 0.3 is 0 Å². The molecule has 0 fully saturated rings. The molecule has 0 aliphatic rings. The Bertz CT molecular complexity index is 1030. The molecule has 0 aliphatic carbocycles. The summed E-state index contributed by atoms with van der Waals surface area (Å²) in [6.45, 7) is 5.37. The molecule has 1 unspecified atom stereocenters. The molecule has 160 valence electrons. The molecule has 8 nitrogen and oxygen atoms in total. The number of amides is 2. The first-order valence-corrected chi connectivity index (χ1v) is 10.8. The van der Waals surface area contributed by atoms with E-state index in [1.165, 1.54) is 11.8 Å². The lowest BCUT2D eigenvalue weighted by atomic mass is 10.2. The second-order valence-corrected chi connectivity index (χ2v) is 8.73. The second-order valence-electron chi connectivity index (χ2n) is 7.40. The van der Waals surface area contributed by atoms with E-state index in [1.54, 1.807) is 19.9 Å². The number of rotatable bonds is 9. The van der Waals surface area contributed by atoms with Gasteiger partial charge in [-0.3, -0.25) is 9.59 Å². The summed E-state index contributed by atoms with van der Waals surface area (Å²) < 4.78 is 7.13. The van der Waals surface area contributed by atoms with Crippen molar-refractivity contribution in [1.29, 1.82) is 0 Å².